The average Bonchev–Trinajstić information content (AvgIpc) is 2.74. The third-order valence-corrected chi connectivity index (χ3v) is 5.02. The lowest BCUT2D eigenvalue weighted by Crippen LogP contribution is -2.16. The van der Waals surface area contributed by atoms with E-state index in [1.54, 1.807) is 0 Å². The monoisotopic (exact) mass is 258 g/mol. The van der Waals surface area contributed by atoms with Gasteiger partial charge in [0, 0.05) is 18.8 Å². The largest absolute Gasteiger partial charge is 0.299 e. The third kappa shape index (κ3) is 2.72. The fourth-order valence-corrected chi connectivity index (χ4v) is 3.95. The van der Waals surface area contributed by atoms with Gasteiger partial charge in [0.1, 0.15) is 5.78 Å². The number of carbonyl (C=O) groups excluding carboxylic acids is 2. The van der Waals surface area contributed by atoms with Gasteiger partial charge < -0.3 is 0 Å². The Bertz CT molecular complexity index is 456. The molecule has 2 atom stereocenters. The zero-order valence-corrected chi connectivity index (χ0v) is 11.5. The normalized spacial score (nSPS) is 34.9. The topological polar surface area (TPSA) is 34.1 Å². The number of ketones is 2. The molecule has 19 heavy (non-hydrogen) atoms. The molecule has 1 saturated carbocycles. The molecule has 0 spiro atoms. The van der Waals surface area contributed by atoms with Crippen molar-refractivity contribution >= 4 is 11.6 Å². The summed E-state index contributed by atoms with van der Waals surface area (Å²) in [6, 6.07) is 0. The molecule has 2 nitrogen and oxygen atoms in total. The summed E-state index contributed by atoms with van der Waals surface area (Å²) >= 11 is 0. The van der Waals surface area contributed by atoms with Gasteiger partial charge in [-0.05, 0) is 68.1 Å². The number of Topliss-reactive ketones (excluding diaryl/α,β-unsaturated/α-hetero) is 1. The molecule has 0 N–H and O–H groups in total. The van der Waals surface area contributed by atoms with Crippen molar-refractivity contribution in [3.63, 3.8) is 0 Å². The van der Waals surface area contributed by atoms with Gasteiger partial charge in [-0.25, -0.2) is 0 Å². The molecule has 3 rings (SSSR count). The van der Waals surface area contributed by atoms with E-state index in [0.29, 0.717) is 24.0 Å². The number of allylic oxidation sites excluding steroid dienone is 4. The predicted molar refractivity (Wildman–Crippen MR) is 74.7 cm³/mol. The highest BCUT2D eigenvalue weighted by molar-refractivity contribution is 5.92. The number of hydrogen-bond donors (Lipinski definition) is 0. The Balaban J connectivity index is 1.79. The van der Waals surface area contributed by atoms with Crippen LogP contribution in [0.5, 0.6) is 0 Å². The molecule has 1 fully saturated rings. The number of fused-ring (bicyclic) bond motifs is 2. The molecule has 0 radical (unpaired) electrons. The minimum Gasteiger partial charge on any atom is -0.299 e. The molecule has 0 aromatic carbocycles. The minimum absolute atomic E-state index is 0.290. The zero-order chi connectivity index (χ0) is 13.2. The van der Waals surface area contributed by atoms with Crippen molar-refractivity contribution in [1.29, 1.82) is 0 Å². The molecule has 0 amide bonds. The van der Waals surface area contributed by atoms with Gasteiger partial charge in [0.25, 0.3) is 0 Å². The molecule has 3 aliphatic rings. The van der Waals surface area contributed by atoms with Gasteiger partial charge in [-0.3, -0.25) is 9.59 Å². The van der Waals surface area contributed by atoms with Gasteiger partial charge in [-0.15, -0.1) is 0 Å². The zero-order valence-electron chi connectivity index (χ0n) is 11.5. The molecule has 3 aliphatic carbocycles. The standard InChI is InChI=1S/C17H22O2/c18-15-9-7-12-3-2-6-16-13(8-10-17(16)19)4-1-5-14(12)11-15/h3,11,13,16H,1-2,4-10H2/b12-3+. The van der Waals surface area contributed by atoms with Gasteiger partial charge >= 0.3 is 0 Å². The minimum atomic E-state index is 0.290. The van der Waals surface area contributed by atoms with Crippen molar-refractivity contribution in [3.05, 3.63) is 23.3 Å². The van der Waals surface area contributed by atoms with E-state index in [-0.39, 0.29) is 5.78 Å². The fraction of sp³-hybridized carbons (Fsp3) is 0.647. The van der Waals surface area contributed by atoms with Gasteiger partial charge in [-0.2, -0.15) is 0 Å². The molecular formula is C17H22O2. The molecule has 0 aromatic heterocycles. The van der Waals surface area contributed by atoms with Crippen LogP contribution in [-0.2, 0) is 9.59 Å². The van der Waals surface area contributed by atoms with E-state index < -0.39 is 0 Å². The van der Waals surface area contributed by atoms with Crippen molar-refractivity contribution < 1.29 is 9.59 Å². The molecule has 0 saturated heterocycles. The van der Waals surface area contributed by atoms with E-state index in [1.165, 1.54) is 11.1 Å². The highest BCUT2D eigenvalue weighted by Crippen LogP contribution is 2.38. The summed E-state index contributed by atoms with van der Waals surface area (Å²) in [6.45, 7) is 0. The summed E-state index contributed by atoms with van der Waals surface area (Å²) in [5.74, 6) is 1.73. The summed E-state index contributed by atoms with van der Waals surface area (Å²) < 4.78 is 0. The van der Waals surface area contributed by atoms with Crippen LogP contribution in [0.15, 0.2) is 23.3 Å². The number of carbonyl (C=O) groups is 2. The predicted octanol–water partition coefficient (Wildman–Crippen LogP) is 3.76. The second-order valence-electron chi connectivity index (χ2n) is 6.21. The van der Waals surface area contributed by atoms with Crippen LogP contribution in [0.4, 0.5) is 0 Å². The van der Waals surface area contributed by atoms with Crippen molar-refractivity contribution in [2.75, 3.05) is 0 Å². The third-order valence-electron chi connectivity index (χ3n) is 5.02. The summed E-state index contributed by atoms with van der Waals surface area (Å²) in [6.07, 6.45) is 13.0. The molecular weight excluding hydrogens is 236 g/mol. The Kier molecular flexibility index (Phi) is 3.67. The maximum Gasteiger partial charge on any atom is 0.156 e. The van der Waals surface area contributed by atoms with Crippen molar-refractivity contribution in [3.8, 4) is 0 Å². The fourth-order valence-electron chi connectivity index (χ4n) is 3.95. The van der Waals surface area contributed by atoms with E-state index in [9.17, 15) is 9.59 Å². The van der Waals surface area contributed by atoms with E-state index in [4.69, 9.17) is 0 Å². The molecule has 2 heteroatoms. The van der Waals surface area contributed by atoms with Gasteiger partial charge in [0.15, 0.2) is 5.78 Å². The molecule has 2 unspecified atom stereocenters. The Morgan fingerprint density at radius 3 is 2.68 bits per heavy atom. The first-order chi connectivity index (χ1) is 9.24. The lowest BCUT2D eigenvalue weighted by Gasteiger charge is -2.22. The SMILES string of the molecule is O=C1C=C2CCCC3CCC(=O)C3CC/C=C/2CC1. The van der Waals surface area contributed by atoms with E-state index in [1.807, 2.05) is 6.08 Å². The highest BCUT2D eigenvalue weighted by atomic mass is 16.1. The van der Waals surface area contributed by atoms with Crippen LogP contribution in [0.2, 0.25) is 0 Å². The van der Waals surface area contributed by atoms with Crippen LogP contribution in [0, 0.1) is 11.8 Å². The smallest absolute Gasteiger partial charge is 0.156 e. The second-order valence-corrected chi connectivity index (χ2v) is 6.21. The number of rotatable bonds is 0. The Morgan fingerprint density at radius 1 is 0.895 bits per heavy atom. The first-order valence-electron chi connectivity index (χ1n) is 7.69. The summed E-state index contributed by atoms with van der Waals surface area (Å²) in [4.78, 5) is 23.5. The van der Waals surface area contributed by atoms with Gasteiger partial charge in [-0.1, -0.05) is 6.08 Å². The average molecular weight is 258 g/mol. The molecule has 0 heterocycles. The number of hydrogen-bond acceptors (Lipinski definition) is 2. The van der Waals surface area contributed by atoms with Crippen LogP contribution in [-0.4, -0.2) is 11.6 Å². The maximum atomic E-state index is 11.9. The van der Waals surface area contributed by atoms with Gasteiger partial charge in [0.2, 0.25) is 0 Å². The Morgan fingerprint density at radius 2 is 1.79 bits per heavy atom. The highest BCUT2D eigenvalue weighted by Gasteiger charge is 2.33. The molecule has 102 valence electrons. The van der Waals surface area contributed by atoms with E-state index >= 15 is 0 Å². The van der Waals surface area contributed by atoms with Gasteiger partial charge in [0.05, 0.1) is 0 Å². The van der Waals surface area contributed by atoms with Crippen LogP contribution in [0.3, 0.4) is 0 Å². The van der Waals surface area contributed by atoms with Crippen LogP contribution in [0.25, 0.3) is 0 Å². The second kappa shape index (κ2) is 5.44. The van der Waals surface area contributed by atoms with Crippen molar-refractivity contribution in [2.24, 2.45) is 11.8 Å². The quantitative estimate of drug-likeness (QED) is 0.663. The van der Waals surface area contributed by atoms with Crippen LogP contribution >= 0.6 is 0 Å². The molecule has 0 bridgehead atoms. The first kappa shape index (κ1) is 12.8. The summed E-state index contributed by atoms with van der Waals surface area (Å²) in [5.41, 5.74) is 2.66. The summed E-state index contributed by atoms with van der Waals surface area (Å²) in [5, 5.41) is 0. The maximum absolute atomic E-state index is 11.9. The summed E-state index contributed by atoms with van der Waals surface area (Å²) in [7, 11) is 0. The van der Waals surface area contributed by atoms with E-state index in [0.717, 1.165) is 51.4 Å². The Labute approximate surface area is 115 Å². The first-order valence-corrected chi connectivity index (χ1v) is 7.69. The lowest BCUT2D eigenvalue weighted by molar-refractivity contribution is -0.121. The molecule has 0 aromatic rings. The van der Waals surface area contributed by atoms with Crippen molar-refractivity contribution in [1.82, 2.24) is 0 Å². The van der Waals surface area contributed by atoms with Crippen LogP contribution in [0.1, 0.15) is 57.8 Å². The van der Waals surface area contributed by atoms with Crippen LogP contribution < -0.4 is 0 Å². The van der Waals surface area contributed by atoms with Crippen molar-refractivity contribution in [2.45, 2.75) is 57.8 Å². The Hall–Kier alpha value is -1.18. The lowest BCUT2D eigenvalue weighted by atomic mass is 9.82. The molecule has 0 aliphatic heterocycles. The van der Waals surface area contributed by atoms with E-state index in [2.05, 4.69) is 6.08 Å².